The van der Waals surface area contributed by atoms with Crippen LogP contribution >= 0.6 is 0 Å². The molecule has 0 spiro atoms. The van der Waals surface area contributed by atoms with Gasteiger partial charge < -0.3 is 5.73 Å². The van der Waals surface area contributed by atoms with Gasteiger partial charge in [-0.05, 0) is 26.7 Å². The van der Waals surface area contributed by atoms with Gasteiger partial charge in [-0.25, -0.2) is 0 Å². The molecule has 0 saturated carbocycles. The van der Waals surface area contributed by atoms with E-state index in [0.29, 0.717) is 0 Å². The van der Waals surface area contributed by atoms with E-state index in [9.17, 15) is 0 Å². The van der Waals surface area contributed by atoms with Gasteiger partial charge in [0.1, 0.15) is 0 Å². The van der Waals surface area contributed by atoms with Gasteiger partial charge >= 0.3 is 0 Å². The summed E-state index contributed by atoms with van der Waals surface area (Å²) in [6, 6.07) is 0. The average Bonchev–Trinajstić information content (AvgIpc) is 1.87. The van der Waals surface area contributed by atoms with Gasteiger partial charge in [0, 0.05) is 5.54 Å². The molecule has 0 aliphatic carbocycles. The molecule has 1 unspecified atom stereocenters. The SMILES string of the molecule is CCC(N)NC(C)(C)CC. The van der Waals surface area contributed by atoms with E-state index < -0.39 is 0 Å². The predicted octanol–water partition coefficient (Wildman–Crippen LogP) is 1.46. The van der Waals surface area contributed by atoms with E-state index >= 15 is 0 Å². The van der Waals surface area contributed by atoms with Crippen LogP contribution in [0.5, 0.6) is 0 Å². The maximum absolute atomic E-state index is 5.72. The Morgan fingerprint density at radius 1 is 1.40 bits per heavy atom. The van der Waals surface area contributed by atoms with Crippen LogP contribution in [0.4, 0.5) is 0 Å². The molecular formula is C8H20N2. The van der Waals surface area contributed by atoms with Crippen LogP contribution in [0.1, 0.15) is 40.5 Å². The molecule has 3 N–H and O–H groups in total. The molecule has 0 saturated heterocycles. The van der Waals surface area contributed by atoms with Crippen LogP contribution in [0.3, 0.4) is 0 Å². The molecule has 0 amide bonds. The lowest BCUT2D eigenvalue weighted by Gasteiger charge is -2.28. The van der Waals surface area contributed by atoms with E-state index in [0.717, 1.165) is 12.8 Å². The molecule has 0 aromatic carbocycles. The number of hydrogen-bond donors (Lipinski definition) is 2. The summed E-state index contributed by atoms with van der Waals surface area (Å²) < 4.78 is 0. The van der Waals surface area contributed by atoms with Gasteiger partial charge in [-0.15, -0.1) is 0 Å². The van der Waals surface area contributed by atoms with Crippen molar-refractivity contribution in [2.45, 2.75) is 52.2 Å². The summed E-state index contributed by atoms with van der Waals surface area (Å²) in [7, 11) is 0. The van der Waals surface area contributed by atoms with Crippen molar-refractivity contribution in [1.29, 1.82) is 0 Å². The smallest absolute Gasteiger partial charge is 0.0547 e. The van der Waals surface area contributed by atoms with Crippen molar-refractivity contribution >= 4 is 0 Å². The van der Waals surface area contributed by atoms with E-state index in [1.807, 2.05) is 0 Å². The summed E-state index contributed by atoms with van der Waals surface area (Å²) in [5, 5.41) is 3.33. The van der Waals surface area contributed by atoms with Crippen LogP contribution in [-0.2, 0) is 0 Å². The van der Waals surface area contributed by atoms with Crippen molar-refractivity contribution in [2.24, 2.45) is 5.73 Å². The normalized spacial score (nSPS) is 15.3. The number of nitrogens with one attached hydrogen (secondary N) is 1. The lowest BCUT2D eigenvalue weighted by Crippen LogP contribution is -2.49. The highest BCUT2D eigenvalue weighted by Crippen LogP contribution is 2.07. The Hall–Kier alpha value is -0.0800. The van der Waals surface area contributed by atoms with Gasteiger partial charge in [0.2, 0.25) is 0 Å². The summed E-state index contributed by atoms with van der Waals surface area (Å²) in [4.78, 5) is 0. The number of rotatable bonds is 4. The highest BCUT2D eigenvalue weighted by molar-refractivity contribution is 4.77. The van der Waals surface area contributed by atoms with Gasteiger partial charge in [0.15, 0.2) is 0 Å². The summed E-state index contributed by atoms with van der Waals surface area (Å²) in [5.74, 6) is 0. The van der Waals surface area contributed by atoms with Gasteiger partial charge in [-0.2, -0.15) is 0 Å². The summed E-state index contributed by atoms with van der Waals surface area (Å²) in [6.45, 7) is 8.59. The van der Waals surface area contributed by atoms with Crippen LogP contribution in [0.15, 0.2) is 0 Å². The molecule has 0 fully saturated rings. The summed E-state index contributed by atoms with van der Waals surface area (Å²) in [6.07, 6.45) is 2.25. The molecule has 0 heterocycles. The van der Waals surface area contributed by atoms with E-state index in [1.54, 1.807) is 0 Å². The average molecular weight is 144 g/mol. The van der Waals surface area contributed by atoms with Crippen LogP contribution in [0, 0.1) is 0 Å². The number of nitrogens with two attached hydrogens (primary N) is 1. The highest BCUT2D eigenvalue weighted by atomic mass is 15.1. The first-order valence-corrected chi connectivity index (χ1v) is 4.05. The second-order valence-electron chi connectivity index (χ2n) is 3.40. The molecule has 0 aliphatic heterocycles. The molecule has 2 heteroatoms. The Balaban J connectivity index is 3.64. The third kappa shape index (κ3) is 3.85. The second kappa shape index (κ2) is 3.94. The summed E-state index contributed by atoms with van der Waals surface area (Å²) in [5.41, 5.74) is 5.91. The second-order valence-corrected chi connectivity index (χ2v) is 3.40. The Bertz CT molecular complexity index is 89.3. The Labute approximate surface area is 64.2 Å². The third-order valence-electron chi connectivity index (χ3n) is 1.90. The van der Waals surface area contributed by atoms with E-state index in [4.69, 9.17) is 5.73 Å². The topological polar surface area (TPSA) is 38.0 Å². The van der Waals surface area contributed by atoms with Crippen LogP contribution in [0.2, 0.25) is 0 Å². The molecule has 0 rings (SSSR count). The van der Waals surface area contributed by atoms with Gasteiger partial charge in [0.25, 0.3) is 0 Å². The van der Waals surface area contributed by atoms with Crippen molar-refractivity contribution in [3.8, 4) is 0 Å². The molecule has 10 heavy (non-hydrogen) atoms. The zero-order valence-electron chi connectivity index (χ0n) is 7.57. The zero-order chi connectivity index (χ0) is 8.20. The predicted molar refractivity (Wildman–Crippen MR) is 45.8 cm³/mol. The Kier molecular flexibility index (Phi) is 3.91. The minimum Gasteiger partial charge on any atom is -0.316 e. The number of hydrogen-bond acceptors (Lipinski definition) is 2. The minimum atomic E-state index is 0.148. The maximum atomic E-state index is 5.72. The van der Waals surface area contributed by atoms with Crippen molar-refractivity contribution in [1.82, 2.24) is 5.32 Å². The van der Waals surface area contributed by atoms with Gasteiger partial charge in [0.05, 0.1) is 6.17 Å². The molecule has 1 atom stereocenters. The fourth-order valence-corrected chi connectivity index (χ4v) is 0.706. The fourth-order valence-electron chi connectivity index (χ4n) is 0.706. The van der Waals surface area contributed by atoms with Crippen molar-refractivity contribution in [2.75, 3.05) is 0 Å². The van der Waals surface area contributed by atoms with E-state index in [2.05, 4.69) is 33.0 Å². The molecule has 2 nitrogen and oxygen atoms in total. The van der Waals surface area contributed by atoms with Gasteiger partial charge in [-0.3, -0.25) is 5.32 Å². The zero-order valence-corrected chi connectivity index (χ0v) is 7.57. The highest BCUT2D eigenvalue weighted by Gasteiger charge is 2.15. The third-order valence-corrected chi connectivity index (χ3v) is 1.90. The molecule has 0 radical (unpaired) electrons. The Morgan fingerprint density at radius 3 is 2.20 bits per heavy atom. The molecule has 0 aromatic heterocycles. The van der Waals surface area contributed by atoms with E-state index in [1.165, 1.54) is 0 Å². The fraction of sp³-hybridized carbons (Fsp3) is 1.00. The lowest BCUT2D eigenvalue weighted by molar-refractivity contribution is 0.322. The first-order valence-electron chi connectivity index (χ1n) is 4.05. The molecular weight excluding hydrogens is 124 g/mol. The van der Waals surface area contributed by atoms with Crippen LogP contribution < -0.4 is 11.1 Å². The molecule has 62 valence electrons. The molecule has 0 bridgehead atoms. The monoisotopic (exact) mass is 144 g/mol. The summed E-state index contributed by atoms with van der Waals surface area (Å²) >= 11 is 0. The van der Waals surface area contributed by atoms with Crippen LogP contribution in [0.25, 0.3) is 0 Å². The molecule has 0 aromatic rings. The van der Waals surface area contributed by atoms with Crippen LogP contribution in [-0.4, -0.2) is 11.7 Å². The van der Waals surface area contributed by atoms with Gasteiger partial charge in [-0.1, -0.05) is 13.8 Å². The first-order chi connectivity index (χ1) is 4.52. The standard InChI is InChI=1S/C8H20N2/c1-5-7(9)10-8(3,4)6-2/h7,10H,5-6,9H2,1-4H3. The van der Waals surface area contributed by atoms with Crippen molar-refractivity contribution < 1.29 is 0 Å². The lowest BCUT2D eigenvalue weighted by atomic mass is 10.0. The Morgan fingerprint density at radius 2 is 1.90 bits per heavy atom. The van der Waals surface area contributed by atoms with Crippen molar-refractivity contribution in [3.05, 3.63) is 0 Å². The molecule has 0 aliphatic rings. The largest absolute Gasteiger partial charge is 0.316 e. The quantitative estimate of drug-likeness (QED) is 0.586. The van der Waals surface area contributed by atoms with E-state index in [-0.39, 0.29) is 11.7 Å². The first kappa shape index (κ1) is 9.92. The maximum Gasteiger partial charge on any atom is 0.0547 e. The van der Waals surface area contributed by atoms with Crippen molar-refractivity contribution in [3.63, 3.8) is 0 Å². The minimum absolute atomic E-state index is 0.148.